The number of H-pyrrole nitrogens is 1. The van der Waals surface area contributed by atoms with Crippen LogP contribution in [0.25, 0.3) is 10.9 Å². The van der Waals surface area contributed by atoms with Crippen LogP contribution in [-0.2, 0) is 4.79 Å². The number of para-hydroxylation sites is 1. The highest BCUT2D eigenvalue weighted by atomic mass is 35.5. The lowest BCUT2D eigenvalue weighted by molar-refractivity contribution is -0.116. The molecule has 3 rings (SSSR count). The molecular formula is C20H20ClN3O2. The average molecular weight is 370 g/mol. The smallest absolute Gasteiger partial charge is 0.270 e. The fraction of sp³-hybridized carbons (Fsp3) is 0.200. The highest BCUT2D eigenvalue weighted by Crippen LogP contribution is 2.21. The molecule has 26 heavy (non-hydrogen) atoms. The predicted octanol–water partition coefficient (Wildman–Crippen LogP) is 4.15. The molecule has 2 N–H and O–H groups in total. The van der Waals surface area contributed by atoms with Crippen molar-refractivity contribution in [3.05, 3.63) is 64.3 Å². The Balaban J connectivity index is 1.71. The van der Waals surface area contributed by atoms with Crippen LogP contribution in [0.4, 0.5) is 5.69 Å². The Morgan fingerprint density at radius 2 is 1.81 bits per heavy atom. The first kappa shape index (κ1) is 18.0. The molecule has 2 amide bonds. The number of benzene rings is 2. The van der Waals surface area contributed by atoms with Gasteiger partial charge >= 0.3 is 0 Å². The molecule has 1 aromatic heterocycles. The van der Waals surface area contributed by atoms with Crippen molar-refractivity contribution in [2.45, 2.75) is 13.8 Å². The largest absolute Gasteiger partial charge is 0.351 e. The molecule has 6 heteroatoms. The fourth-order valence-corrected chi connectivity index (χ4v) is 3.08. The van der Waals surface area contributed by atoms with Gasteiger partial charge in [-0.1, -0.05) is 29.8 Å². The number of carbonyl (C=O) groups excluding carboxylic acids is 2. The van der Waals surface area contributed by atoms with Crippen molar-refractivity contribution >= 4 is 40.0 Å². The highest BCUT2D eigenvalue weighted by molar-refractivity contribution is 6.31. The van der Waals surface area contributed by atoms with E-state index >= 15 is 0 Å². The van der Waals surface area contributed by atoms with Gasteiger partial charge in [0.05, 0.1) is 6.54 Å². The van der Waals surface area contributed by atoms with Crippen LogP contribution in [0.2, 0.25) is 5.02 Å². The van der Waals surface area contributed by atoms with Gasteiger partial charge in [-0.05, 0) is 49.2 Å². The molecule has 0 aliphatic carbocycles. The van der Waals surface area contributed by atoms with Gasteiger partial charge in [-0.3, -0.25) is 9.59 Å². The van der Waals surface area contributed by atoms with Gasteiger partial charge in [0, 0.05) is 28.7 Å². The summed E-state index contributed by atoms with van der Waals surface area (Å²) in [4.78, 5) is 29.4. The van der Waals surface area contributed by atoms with Crippen LogP contribution >= 0.6 is 11.6 Å². The van der Waals surface area contributed by atoms with Gasteiger partial charge in [-0.2, -0.15) is 0 Å². The zero-order chi connectivity index (χ0) is 18.8. The normalized spacial score (nSPS) is 10.8. The van der Waals surface area contributed by atoms with Gasteiger partial charge in [0.25, 0.3) is 5.91 Å². The summed E-state index contributed by atoms with van der Waals surface area (Å²) in [6, 6.07) is 12.9. The number of nitrogens with one attached hydrogen (secondary N) is 2. The summed E-state index contributed by atoms with van der Waals surface area (Å²) >= 11 is 5.98. The number of aromatic nitrogens is 1. The summed E-state index contributed by atoms with van der Waals surface area (Å²) in [6.07, 6.45) is 0. The summed E-state index contributed by atoms with van der Waals surface area (Å²) in [5, 5.41) is 4.35. The van der Waals surface area contributed by atoms with Crippen molar-refractivity contribution in [2.75, 3.05) is 18.9 Å². The molecule has 0 unspecified atom stereocenters. The van der Waals surface area contributed by atoms with E-state index in [-0.39, 0.29) is 18.4 Å². The molecule has 0 aliphatic rings. The van der Waals surface area contributed by atoms with Crippen LogP contribution in [0.1, 0.15) is 21.6 Å². The third-order valence-corrected chi connectivity index (χ3v) is 4.52. The number of halogens is 1. The van der Waals surface area contributed by atoms with Crippen molar-refractivity contribution in [3.63, 3.8) is 0 Å². The summed E-state index contributed by atoms with van der Waals surface area (Å²) < 4.78 is 0. The summed E-state index contributed by atoms with van der Waals surface area (Å²) in [6.45, 7) is 3.84. The first-order valence-electron chi connectivity index (χ1n) is 8.25. The highest BCUT2D eigenvalue weighted by Gasteiger charge is 2.18. The van der Waals surface area contributed by atoms with E-state index < -0.39 is 0 Å². The number of hydrogen-bond acceptors (Lipinski definition) is 2. The second-order valence-corrected chi connectivity index (χ2v) is 6.83. The van der Waals surface area contributed by atoms with Gasteiger partial charge in [0.1, 0.15) is 5.69 Å². The van der Waals surface area contributed by atoms with E-state index in [1.165, 1.54) is 4.90 Å². The Hall–Kier alpha value is -2.79. The zero-order valence-corrected chi connectivity index (χ0v) is 15.6. The molecule has 0 spiro atoms. The number of amides is 2. The lowest BCUT2D eigenvalue weighted by Gasteiger charge is -2.17. The van der Waals surface area contributed by atoms with E-state index in [9.17, 15) is 9.59 Å². The molecule has 3 aromatic rings. The molecular weight excluding hydrogens is 350 g/mol. The third kappa shape index (κ3) is 3.73. The molecule has 0 saturated carbocycles. The first-order chi connectivity index (χ1) is 12.3. The lowest BCUT2D eigenvalue weighted by atomic mass is 10.1. The van der Waals surface area contributed by atoms with E-state index in [1.54, 1.807) is 25.2 Å². The third-order valence-electron chi connectivity index (χ3n) is 4.29. The first-order valence-corrected chi connectivity index (χ1v) is 8.63. The minimum Gasteiger partial charge on any atom is -0.351 e. The topological polar surface area (TPSA) is 65.2 Å². The van der Waals surface area contributed by atoms with Crippen molar-refractivity contribution in [2.24, 2.45) is 0 Å². The molecule has 2 aromatic carbocycles. The van der Waals surface area contributed by atoms with Crippen LogP contribution in [0.5, 0.6) is 0 Å². The lowest BCUT2D eigenvalue weighted by Crippen LogP contribution is -2.35. The molecule has 0 radical (unpaired) electrons. The molecule has 5 nitrogen and oxygen atoms in total. The maximum atomic E-state index is 12.6. The number of rotatable bonds is 4. The number of hydrogen-bond donors (Lipinski definition) is 2. The number of likely N-dealkylation sites (N-methyl/N-ethyl adjacent to an activating group) is 1. The Bertz CT molecular complexity index is 974. The Morgan fingerprint density at radius 3 is 2.50 bits per heavy atom. The average Bonchev–Trinajstić information content (AvgIpc) is 3.00. The minimum absolute atomic E-state index is 0.0390. The molecule has 0 aliphatic heterocycles. The maximum absolute atomic E-state index is 12.6. The fourth-order valence-electron chi connectivity index (χ4n) is 2.90. The van der Waals surface area contributed by atoms with Crippen molar-refractivity contribution in [3.8, 4) is 0 Å². The number of fused-ring (bicyclic) bond motifs is 1. The van der Waals surface area contributed by atoms with Crippen molar-refractivity contribution < 1.29 is 9.59 Å². The molecule has 0 atom stereocenters. The predicted molar refractivity (Wildman–Crippen MR) is 105 cm³/mol. The van der Waals surface area contributed by atoms with E-state index in [1.807, 2.05) is 38.1 Å². The molecule has 0 saturated heterocycles. The SMILES string of the molecule is Cc1cccc(C)c1NC(=O)CN(C)C(=O)c1cc2cc(Cl)ccc2[nH]1. The molecule has 134 valence electrons. The molecule has 0 fully saturated rings. The number of nitrogens with zero attached hydrogens (tertiary/aromatic N) is 1. The van der Waals surface area contributed by atoms with Crippen LogP contribution in [0, 0.1) is 13.8 Å². The Labute approximate surface area is 157 Å². The minimum atomic E-state index is -0.256. The van der Waals surface area contributed by atoms with Crippen molar-refractivity contribution in [1.82, 2.24) is 9.88 Å². The molecule has 1 heterocycles. The van der Waals surface area contributed by atoms with Crippen LogP contribution in [-0.4, -0.2) is 35.3 Å². The van der Waals surface area contributed by atoms with Crippen LogP contribution in [0.3, 0.4) is 0 Å². The number of carbonyl (C=O) groups is 2. The number of aromatic amines is 1. The summed E-state index contributed by atoms with van der Waals surface area (Å²) in [5.74, 6) is -0.494. The van der Waals surface area contributed by atoms with E-state index in [4.69, 9.17) is 11.6 Å². The van der Waals surface area contributed by atoms with Crippen LogP contribution in [0.15, 0.2) is 42.5 Å². The monoisotopic (exact) mass is 369 g/mol. The summed E-state index contributed by atoms with van der Waals surface area (Å²) in [5.41, 5.74) is 4.01. The van der Waals surface area contributed by atoms with E-state index in [2.05, 4.69) is 10.3 Å². The van der Waals surface area contributed by atoms with E-state index in [0.717, 1.165) is 27.7 Å². The second-order valence-electron chi connectivity index (χ2n) is 6.39. The second kappa shape index (κ2) is 7.22. The van der Waals surface area contributed by atoms with Gasteiger partial charge in [0.15, 0.2) is 0 Å². The Morgan fingerprint density at radius 1 is 1.12 bits per heavy atom. The zero-order valence-electron chi connectivity index (χ0n) is 14.9. The van der Waals surface area contributed by atoms with E-state index in [0.29, 0.717) is 10.7 Å². The van der Waals surface area contributed by atoms with Gasteiger partial charge in [-0.25, -0.2) is 0 Å². The Kier molecular flexibility index (Phi) is 5.00. The van der Waals surface area contributed by atoms with Crippen molar-refractivity contribution in [1.29, 1.82) is 0 Å². The molecule has 0 bridgehead atoms. The number of anilines is 1. The standard InChI is InChI=1S/C20H20ClN3O2/c1-12-5-4-6-13(2)19(12)23-18(25)11-24(3)20(26)17-10-14-9-15(21)7-8-16(14)22-17/h4-10,22H,11H2,1-3H3,(H,23,25). The van der Waals surface area contributed by atoms with Crippen LogP contribution < -0.4 is 5.32 Å². The summed E-state index contributed by atoms with van der Waals surface area (Å²) in [7, 11) is 1.60. The van der Waals surface area contributed by atoms with Gasteiger partial charge in [0.2, 0.25) is 5.91 Å². The quantitative estimate of drug-likeness (QED) is 0.725. The van der Waals surface area contributed by atoms with Gasteiger partial charge in [-0.15, -0.1) is 0 Å². The van der Waals surface area contributed by atoms with Gasteiger partial charge < -0.3 is 15.2 Å². The maximum Gasteiger partial charge on any atom is 0.270 e. The number of aryl methyl sites for hydroxylation is 2.